The van der Waals surface area contributed by atoms with Gasteiger partial charge in [-0.1, -0.05) is 30.5 Å². The number of aliphatic hydroxyl groups is 1. The van der Waals surface area contributed by atoms with Gasteiger partial charge in [-0.15, -0.1) is 0 Å². The Morgan fingerprint density at radius 3 is 2.53 bits per heavy atom. The molecule has 1 aliphatic rings. The van der Waals surface area contributed by atoms with Crippen molar-refractivity contribution in [3.05, 3.63) is 34.6 Å². The highest BCUT2D eigenvalue weighted by atomic mass is 35.5. The summed E-state index contributed by atoms with van der Waals surface area (Å²) in [7, 11) is 3.97. The molecule has 4 heteroatoms. The van der Waals surface area contributed by atoms with Gasteiger partial charge < -0.3 is 10.0 Å². The number of benzene rings is 1. The summed E-state index contributed by atoms with van der Waals surface area (Å²) in [5.41, 5.74) is 0.177. The Hall–Kier alpha value is -0.640. The topological polar surface area (TPSA) is 23.5 Å². The molecule has 0 heterocycles. The highest BCUT2D eigenvalue weighted by Crippen LogP contribution is 2.38. The van der Waals surface area contributed by atoms with Crippen LogP contribution in [0.25, 0.3) is 0 Å². The summed E-state index contributed by atoms with van der Waals surface area (Å²) in [5.74, 6) is -0.335. The van der Waals surface area contributed by atoms with Crippen LogP contribution in [0.2, 0.25) is 5.02 Å². The van der Waals surface area contributed by atoms with Crippen molar-refractivity contribution in [3.8, 4) is 0 Å². The van der Waals surface area contributed by atoms with E-state index in [2.05, 4.69) is 4.90 Å². The van der Waals surface area contributed by atoms with E-state index in [0.717, 1.165) is 25.7 Å². The fourth-order valence-corrected chi connectivity index (χ4v) is 3.42. The molecule has 19 heavy (non-hydrogen) atoms. The highest BCUT2D eigenvalue weighted by molar-refractivity contribution is 6.31. The molecule has 0 radical (unpaired) electrons. The molecule has 0 aliphatic heterocycles. The lowest BCUT2D eigenvalue weighted by atomic mass is 9.85. The number of hydrogen-bond donors (Lipinski definition) is 1. The summed E-state index contributed by atoms with van der Waals surface area (Å²) in [6.07, 6.45) is 3.80. The molecule has 0 aromatic heterocycles. The molecule has 1 fully saturated rings. The van der Waals surface area contributed by atoms with Crippen LogP contribution in [0, 0.1) is 5.82 Å². The monoisotopic (exact) mass is 285 g/mol. The maximum Gasteiger partial charge on any atom is 0.127 e. The van der Waals surface area contributed by atoms with E-state index in [-0.39, 0.29) is 17.8 Å². The summed E-state index contributed by atoms with van der Waals surface area (Å²) in [6, 6.07) is 4.65. The fourth-order valence-electron chi connectivity index (χ4n) is 3.18. The Kier molecular flexibility index (Phi) is 4.49. The third-order valence-electron chi connectivity index (χ3n) is 4.44. The number of halogens is 2. The van der Waals surface area contributed by atoms with Crippen molar-refractivity contribution in [2.75, 3.05) is 14.1 Å². The number of hydrogen-bond acceptors (Lipinski definition) is 2. The molecule has 2 rings (SSSR count). The molecule has 0 amide bonds. The van der Waals surface area contributed by atoms with Gasteiger partial charge in [-0.3, -0.25) is 0 Å². The van der Waals surface area contributed by atoms with Gasteiger partial charge in [-0.2, -0.15) is 0 Å². The van der Waals surface area contributed by atoms with Crippen LogP contribution < -0.4 is 0 Å². The van der Waals surface area contributed by atoms with Gasteiger partial charge in [0.15, 0.2) is 0 Å². The average Bonchev–Trinajstić information content (AvgIpc) is 2.84. The number of likely N-dealkylation sites (N-methyl/N-ethyl adjacent to an activating group) is 1. The van der Waals surface area contributed by atoms with Gasteiger partial charge in [0, 0.05) is 22.5 Å². The molecule has 0 spiro atoms. The zero-order valence-corrected chi connectivity index (χ0v) is 12.3. The normalized spacial score (nSPS) is 19.9. The zero-order valence-electron chi connectivity index (χ0n) is 11.5. The summed E-state index contributed by atoms with van der Waals surface area (Å²) in [4.78, 5) is 2.08. The molecular formula is C15H21ClFNO. The molecule has 1 aromatic rings. The minimum Gasteiger partial charge on any atom is -0.391 e. The van der Waals surface area contributed by atoms with Crippen LogP contribution in [0.5, 0.6) is 0 Å². The Balaban J connectivity index is 2.22. The standard InChI is InChI=1S/C15H21ClFNO/c1-18(2)15(8-3-4-9-15)14(19)10-11-12(16)6-5-7-13(11)17/h5-7,14,19H,3-4,8-10H2,1-2H3. The predicted octanol–water partition coefficient (Wildman–Crippen LogP) is 3.26. The van der Waals surface area contributed by atoms with Crippen molar-refractivity contribution >= 4 is 11.6 Å². The summed E-state index contributed by atoms with van der Waals surface area (Å²) < 4.78 is 13.8. The van der Waals surface area contributed by atoms with Crippen LogP contribution in [-0.2, 0) is 6.42 Å². The Bertz CT molecular complexity index is 424. The van der Waals surface area contributed by atoms with Crippen LogP contribution in [0.3, 0.4) is 0 Å². The minimum absolute atomic E-state index is 0.244. The van der Waals surface area contributed by atoms with E-state index in [1.54, 1.807) is 12.1 Å². The first-order valence-electron chi connectivity index (χ1n) is 6.76. The van der Waals surface area contributed by atoms with Gasteiger partial charge in [0.2, 0.25) is 0 Å². The third kappa shape index (κ3) is 2.78. The molecule has 1 aromatic carbocycles. The Labute approximate surface area is 119 Å². The van der Waals surface area contributed by atoms with Gasteiger partial charge in [-0.25, -0.2) is 4.39 Å². The molecule has 1 atom stereocenters. The van der Waals surface area contributed by atoms with Crippen molar-refractivity contribution in [1.82, 2.24) is 4.90 Å². The predicted molar refractivity (Wildman–Crippen MR) is 76.0 cm³/mol. The highest BCUT2D eigenvalue weighted by Gasteiger charge is 2.42. The fraction of sp³-hybridized carbons (Fsp3) is 0.600. The van der Waals surface area contributed by atoms with Gasteiger partial charge in [-0.05, 0) is 39.1 Å². The first kappa shape index (κ1) is 14.8. The second-order valence-electron chi connectivity index (χ2n) is 5.63. The van der Waals surface area contributed by atoms with E-state index in [1.165, 1.54) is 6.07 Å². The van der Waals surface area contributed by atoms with E-state index < -0.39 is 6.10 Å². The van der Waals surface area contributed by atoms with Crippen LogP contribution in [0.15, 0.2) is 18.2 Å². The molecule has 0 saturated heterocycles. The maximum absolute atomic E-state index is 13.8. The molecular weight excluding hydrogens is 265 g/mol. The zero-order chi connectivity index (χ0) is 14.0. The largest absolute Gasteiger partial charge is 0.391 e. The molecule has 0 bridgehead atoms. The van der Waals surface area contributed by atoms with E-state index in [0.29, 0.717) is 10.6 Å². The molecule has 1 N–H and O–H groups in total. The van der Waals surface area contributed by atoms with Gasteiger partial charge in [0.1, 0.15) is 5.82 Å². The van der Waals surface area contributed by atoms with E-state index in [9.17, 15) is 9.50 Å². The van der Waals surface area contributed by atoms with E-state index in [1.807, 2.05) is 14.1 Å². The number of rotatable bonds is 4. The SMILES string of the molecule is CN(C)C1(C(O)Cc2c(F)cccc2Cl)CCCC1. The van der Waals surface area contributed by atoms with Gasteiger partial charge >= 0.3 is 0 Å². The maximum atomic E-state index is 13.8. The molecule has 106 valence electrons. The summed E-state index contributed by atoms with van der Waals surface area (Å²) in [6.45, 7) is 0. The average molecular weight is 286 g/mol. The third-order valence-corrected chi connectivity index (χ3v) is 4.79. The van der Waals surface area contributed by atoms with E-state index in [4.69, 9.17) is 11.6 Å². The van der Waals surface area contributed by atoms with Crippen molar-refractivity contribution in [2.45, 2.75) is 43.7 Å². The molecule has 1 aliphatic carbocycles. The molecule has 1 unspecified atom stereocenters. The smallest absolute Gasteiger partial charge is 0.127 e. The summed E-state index contributed by atoms with van der Waals surface area (Å²) in [5, 5.41) is 11.0. The van der Waals surface area contributed by atoms with Crippen molar-refractivity contribution in [2.24, 2.45) is 0 Å². The van der Waals surface area contributed by atoms with Crippen LogP contribution in [0.4, 0.5) is 4.39 Å². The Morgan fingerprint density at radius 1 is 1.37 bits per heavy atom. The quantitative estimate of drug-likeness (QED) is 0.918. The molecule has 1 saturated carbocycles. The van der Waals surface area contributed by atoms with Gasteiger partial charge in [0.05, 0.1) is 6.10 Å². The Morgan fingerprint density at radius 2 is 2.00 bits per heavy atom. The first-order valence-corrected chi connectivity index (χ1v) is 7.13. The molecule has 2 nitrogen and oxygen atoms in total. The second-order valence-corrected chi connectivity index (χ2v) is 6.03. The van der Waals surface area contributed by atoms with Crippen molar-refractivity contribution in [3.63, 3.8) is 0 Å². The van der Waals surface area contributed by atoms with E-state index >= 15 is 0 Å². The van der Waals surface area contributed by atoms with Crippen molar-refractivity contribution < 1.29 is 9.50 Å². The number of nitrogens with zero attached hydrogens (tertiary/aromatic N) is 1. The van der Waals surface area contributed by atoms with Crippen LogP contribution >= 0.6 is 11.6 Å². The lowest BCUT2D eigenvalue weighted by Gasteiger charge is -2.40. The van der Waals surface area contributed by atoms with Crippen molar-refractivity contribution in [1.29, 1.82) is 0 Å². The lowest BCUT2D eigenvalue weighted by molar-refractivity contribution is -0.00291. The minimum atomic E-state index is -0.598. The lowest BCUT2D eigenvalue weighted by Crippen LogP contribution is -2.52. The van der Waals surface area contributed by atoms with Crippen LogP contribution in [-0.4, -0.2) is 35.7 Å². The second kappa shape index (κ2) is 5.78. The summed E-state index contributed by atoms with van der Waals surface area (Å²) >= 11 is 6.04. The first-order chi connectivity index (χ1) is 8.97. The van der Waals surface area contributed by atoms with Crippen LogP contribution in [0.1, 0.15) is 31.2 Å². The number of aliphatic hydroxyl groups excluding tert-OH is 1. The van der Waals surface area contributed by atoms with Gasteiger partial charge in [0.25, 0.3) is 0 Å².